The van der Waals surface area contributed by atoms with Crippen LogP contribution < -0.4 is 0 Å². The standard InChI is InChI=1S/C76H120O6/c1-4-7-10-13-16-19-21-23-25-27-29-31-33-35-37-38-40-41-43-45-47-49-51-53-55-57-60-63-66-69-75(78)81-72-73(71-80-74(77)68-65-62-59-18-15-12-9-6-3)82-76(79)70-67-64-61-58-56-54-52-50-48-46-44-42-39-36-34-32-30-28-26-24-22-20-17-14-11-8-5-2/h7-8,10-11,16-17,19-20,23-26,29-32,35-37,39-41,44-47,50,52,73H,4-6,9,12-15,18,21-22,27-28,33-34,38,42-43,48-49,51,53-72H2,1-3H3/b10-7-,11-8-,19-16-,20-17-,25-23-,26-24-,31-29-,32-30-,37-35-,39-36-,41-40-,46-44-,47-45-,52-50-. The first-order valence-electron chi connectivity index (χ1n) is 33.1. The van der Waals surface area contributed by atoms with Crippen LogP contribution in [0.15, 0.2) is 170 Å². The van der Waals surface area contributed by atoms with Gasteiger partial charge in [-0.1, -0.05) is 287 Å². The predicted octanol–water partition coefficient (Wildman–Crippen LogP) is 23.0. The molecule has 0 radical (unpaired) electrons. The van der Waals surface area contributed by atoms with E-state index in [9.17, 15) is 14.4 Å². The fourth-order valence-electron chi connectivity index (χ4n) is 8.58. The van der Waals surface area contributed by atoms with Gasteiger partial charge in [0.25, 0.3) is 0 Å². The molecule has 82 heavy (non-hydrogen) atoms. The van der Waals surface area contributed by atoms with E-state index in [2.05, 4.69) is 191 Å². The molecule has 0 saturated carbocycles. The Bertz CT molecular complexity index is 1870. The molecule has 0 fully saturated rings. The molecule has 0 N–H and O–H groups in total. The van der Waals surface area contributed by atoms with Crippen LogP contribution in [0.4, 0.5) is 0 Å². The highest BCUT2D eigenvalue weighted by Gasteiger charge is 2.19. The molecule has 0 aliphatic rings. The second kappa shape index (κ2) is 68.3. The summed E-state index contributed by atoms with van der Waals surface area (Å²) in [5.74, 6) is -0.935. The number of allylic oxidation sites excluding steroid dienone is 28. The van der Waals surface area contributed by atoms with Crippen LogP contribution in [0, 0.1) is 0 Å². The van der Waals surface area contributed by atoms with Gasteiger partial charge in [0, 0.05) is 19.3 Å². The first-order chi connectivity index (χ1) is 40.5. The Kier molecular flexibility index (Phi) is 63.9. The quantitative estimate of drug-likeness (QED) is 0.0261. The smallest absolute Gasteiger partial charge is 0.306 e. The number of ether oxygens (including phenoxy) is 3. The zero-order valence-corrected chi connectivity index (χ0v) is 52.7. The van der Waals surface area contributed by atoms with Crippen molar-refractivity contribution in [2.24, 2.45) is 0 Å². The zero-order chi connectivity index (χ0) is 59.2. The van der Waals surface area contributed by atoms with E-state index in [1.165, 1.54) is 57.8 Å². The van der Waals surface area contributed by atoms with Crippen LogP contribution in [-0.2, 0) is 28.6 Å². The molecule has 6 heteroatoms. The van der Waals surface area contributed by atoms with Crippen molar-refractivity contribution < 1.29 is 28.6 Å². The van der Waals surface area contributed by atoms with Gasteiger partial charge >= 0.3 is 17.9 Å². The Morgan fingerprint density at radius 3 is 0.744 bits per heavy atom. The normalized spacial score (nSPS) is 13.3. The van der Waals surface area contributed by atoms with Gasteiger partial charge in [-0.3, -0.25) is 14.4 Å². The highest BCUT2D eigenvalue weighted by Crippen LogP contribution is 2.14. The summed E-state index contributed by atoms with van der Waals surface area (Å²) in [5, 5.41) is 0. The number of carbonyl (C=O) groups excluding carboxylic acids is 3. The van der Waals surface area contributed by atoms with Gasteiger partial charge in [-0.2, -0.15) is 0 Å². The first kappa shape index (κ1) is 76.8. The second-order valence-corrected chi connectivity index (χ2v) is 21.3. The first-order valence-corrected chi connectivity index (χ1v) is 33.1. The third kappa shape index (κ3) is 65.6. The molecule has 0 aromatic carbocycles. The van der Waals surface area contributed by atoms with E-state index in [0.717, 1.165) is 173 Å². The lowest BCUT2D eigenvalue weighted by atomic mass is 10.1. The molecule has 0 bridgehead atoms. The van der Waals surface area contributed by atoms with E-state index in [0.29, 0.717) is 19.3 Å². The highest BCUT2D eigenvalue weighted by molar-refractivity contribution is 5.71. The Hall–Kier alpha value is -5.23. The van der Waals surface area contributed by atoms with Gasteiger partial charge in [0.05, 0.1) is 0 Å². The second-order valence-electron chi connectivity index (χ2n) is 21.3. The van der Waals surface area contributed by atoms with Crippen molar-refractivity contribution in [3.8, 4) is 0 Å². The van der Waals surface area contributed by atoms with E-state index >= 15 is 0 Å². The van der Waals surface area contributed by atoms with Crippen LogP contribution in [0.3, 0.4) is 0 Å². The molecule has 0 spiro atoms. The summed E-state index contributed by atoms with van der Waals surface area (Å²) in [4.78, 5) is 38.2. The molecular formula is C76H120O6. The van der Waals surface area contributed by atoms with Gasteiger partial charge in [0.1, 0.15) is 13.2 Å². The maximum absolute atomic E-state index is 12.9. The SMILES string of the molecule is CC/C=C\C/C=C\C/C=C\C/C=C\C/C=C\C/C=C\C/C=C\CCCCCCCCCC(=O)OCC(COC(=O)CCCCCCCCCC)OC(=O)CCCCCCC/C=C\C/C=C\C/C=C\C/C=C\C/C=C\C/C=C\C/C=C\CC. The Morgan fingerprint density at radius 2 is 0.476 bits per heavy atom. The van der Waals surface area contributed by atoms with E-state index in [4.69, 9.17) is 14.2 Å². The Balaban J connectivity index is 4.29. The number of esters is 3. The van der Waals surface area contributed by atoms with Crippen LogP contribution in [0.1, 0.15) is 271 Å². The highest BCUT2D eigenvalue weighted by atomic mass is 16.6. The minimum Gasteiger partial charge on any atom is -0.462 e. The number of carbonyl (C=O) groups is 3. The van der Waals surface area contributed by atoms with Crippen LogP contribution in [0.5, 0.6) is 0 Å². The molecule has 0 aromatic heterocycles. The molecule has 0 aromatic rings. The number of unbranched alkanes of at least 4 members (excludes halogenated alkanes) is 19. The molecule has 0 amide bonds. The van der Waals surface area contributed by atoms with Crippen molar-refractivity contribution in [1.82, 2.24) is 0 Å². The lowest BCUT2D eigenvalue weighted by Crippen LogP contribution is -2.30. The maximum Gasteiger partial charge on any atom is 0.306 e. The summed E-state index contributed by atoms with van der Waals surface area (Å²) < 4.78 is 16.8. The van der Waals surface area contributed by atoms with E-state index in [1.54, 1.807) is 0 Å². The number of hydrogen-bond acceptors (Lipinski definition) is 6. The number of hydrogen-bond donors (Lipinski definition) is 0. The topological polar surface area (TPSA) is 78.9 Å². The van der Waals surface area contributed by atoms with Gasteiger partial charge in [-0.05, 0) is 135 Å². The van der Waals surface area contributed by atoms with Crippen LogP contribution >= 0.6 is 0 Å². The van der Waals surface area contributed by atoms with Gasteiger partial charge in [0.15, 0.2) is 6.10 Å². The summed E-state index contributed by atoms with van der Waals surface area (Å²) >= 11 is 0. The maximum atomic E-state index is 12.9. The van der Waals surface area contributed by atoms with Gasteiger partial charge < -0.3 is 14.2 Å². The van der Waals surface area contributed by atoms with Gasteiger partial charge in [-0.25, -0.2) is 0 Å². The van der Waals surface area contributed by atoms with E-state index in [-0.39, 0.29) is 31.1 Å². The van der Waals surface area contributed by atoms with E-state index < -0.39 is 6.10 Å². The Labute approximate surface area is 504 Å². The van der Waals surface area contributed by atoms with Crippen molar-refractivity contribution in [2.45, 2.75) is 277 Å². The van der Waals surface area contributed by atoms with Gasteiger partial charge in [-0.15, -0.1) is 0 Å². The third-order valence-corrected chi connectivity index (χ3v) is 13.5. The minimum absolute atomic E-state index is 0.0955. The van der Waals surface area contributed by atoms with Crippen LogP contribution in [0.25, 0.3) is 0 Å². The Morgan fingerprint density at radius 1 is 0.256 bits per heavy atom. The van der Waals surface area contributed by atoms with Crippen molar-refractivity contribution in [2.75, 3.05) is 13.2 Å². The van der Waals surface area contributed by atoms with Crippen LogP contribution in [-0.4, -0.2) is 37.2 Å². The predicted molar refractivity (Wildman–Crippen MR) is 357 cm³/mol. The molecule has 1 atom stereocenters. The molecular weight excluding hydrogens is 1010 g/mol. The monoisotopic (exact) mass is 1130 g/mol. The molecule has 0 heterocycles. The van der Waals surface area contributed by atoms with Crippen molar-refractivity contribution in [3.05, 3.63) is 170 Å². The average Bonchev–Trinajstić information content (AvgIpc) is 3.47. The van der Waals surface area contributed by atoms with Crippen molar-refractivity contribution in [1.29, 1.82) is 0 Å². The van der Waals surface area contributed by atoms with E-state index in [1.807, 2.05) is 0 Å². The minimum atomic E-state index is -0.801. The van der Waals surface area contributed by atoms with Crippen molar-refractivity contribution in [3.63, 3.8) is 0 Å². The lowest BCUT2D eigenvalue weighted by Gasteiger charge is -2.18. The molecule has 0 aliphatic carbocycles. The van der Waals surface area contributed by atoms with Gasteiger partial charge in [0.2, 0.25) is 0 Å². The molecule has 0 saturated heterocycles. The zero-order valence-electron chi connectivity index (χ0n) is 52.7. The fraction of sp³-hybridized carbons (Fsp3) is 0.592. The lowest BCUT2D eigenvalue weighted by molar-refractivity contribution is -0.167. The van der Waals surface area contributed by atoms with Crippen molar-refractivity contribution >= 4 is 17.9 Å². The molecule has 0 aliphatic heterocycles. The molecule has 6 nitrogen and oxygen atoms in total. The summed E-state index contributed by atoms with van der Waals surface area (Å²) in [6, 6.07) is 0. The summed E-state index contributed by atoms with van der Waals surface area (Å²) in [6.45, 7) is 6.35. The molecule has 0 rings (SSSR count). The largest absolute Gasteiger partial charge is 0.462 e. The summed E-state index contributed by atoms with van der Waals surface area (Å²) in [6.07, 6.45) is 101. The average molecular weight is 1130 g/mol. The summed E-state index contributed by atoms with van der Waals surface area (Å²) in [7, 11) is 0. The third-order valence-electron chi connectivity index (χ3n) is 13.5. The fourth-order valence-corrected chi connectivity index (χ4v) is 8.58. The summed E-state index contributed by atoms with van der Waals surface area (Å²) in [5.41, 5.74) is 0. The molecule has 460 valence electrons. The van der Waals surface area contributed by atoms with Crippen LogP contribution in [0.2, 0.25) is 0 Å². The molecule has 1 unspecified atom stereocenters. The number of rotatable bonds is 58.